The Morgan fingerprint density at radius 3 is 2.00 bits per heavy atom. The summed E-state index contributed by atoms with van der Waals surface area (Å²) < 4.78 is 20.5. The Hall–Kier alpha value is -3.10. The number of carbonyl (C=O) groups is 4. The van der Waals surface area contributed by atoms with Gasteiger partial charge in [-0.05, 0) is 6.42 Å². The third-order valence-electron chi connectivity index (χ3n) is 4.26. The van der Waals surface area contributed by atoms with Crippen LogP contribution in [0.3, 0.4) is 0 Å². The fourth-order valence-corrected chi connectivity index (χ4v) is 3.08. The minimum Gasteiger partial charge on any atom is -0.469 e. The van der Waals surface area contributed by atoms with E-state index in [1.165, 1.54) is 18.8 Å². The first kappa shape index (κ1) is 19.2. The van der Waals surface area contributed by atoms with Crippen molar-refractivity contribution in [3.63, 3.8) is 0 Å². The average molecular weight is 365 g/mol. The molecule has 1 unspecified atom stereocenters. The van der Waals surface area contributed by atoms with Crippen LogP contribution < -0.4 is 10.6 Å². The number of hydrogen-bond donors (Lipinski definition) is 0. The predicted molar refractivity (Wildman–Crippen MR) is 87.4 cm³/mol. The van der Waals surface area contributed by atoms with E-state index in [1.807, 2.05) is 0 Å². The van der Waals surface area contributed by atoms with Gasteiger partial charge in [-0.1, -0.05) is 6.08 Å². The molecule has 1 aromatic heterocycles. The van der Waals surface area contributed by atoms with E-state index >= 15 is 0 Å². The van der Waals surface area contributed by atoms with Crippen LogP contribution in [-0.2, 0) is 35.6 Å². The Morgan fingerprint density at radius 2 is 1.50 bits per heavy atom. The summed E-state index contributed by atoms with van der Waals surface area (Å²) in [5, 5.41) is 0.514. The zero-order valence-electron chi connectivity index (χ0n) is 15.1. The van der Waals surface area contributed by atoms with Gasteiger partial charge >= 0.3 is 23.9 Å². The summed E-state index contributed by atoms with van der Waals surface area (Å²) in [7, 11) is 6.20. The Morgan fingerprint density at radius 1 is 0.923 bits per heavy atom. The van der Waals surface area contributed by atoms with Crippen LogP contribution in [0.5, 0.6) is 0 Å². The van der Waals surface area contributed by atoms with Crippen LogP contribution >= 0.6 is 0 Å². The summed E-state index contributed by atoms with van der Waals surface area (Å²) in [6, 6.07) is 0. The second kappa shape index (κ2) is 7.42. The van der Waals surface area contributed by atoms with Crippen molar-refractivity contribution in [3.8, 4) is 0 Å². The molecule has 26 heavy (non-hydrogen) atoms. The standard InChI is InChI=1S/C17H19NO8/c1-18-9-7-6-8(14(19)23-2)10(15(20)24-3)11(9)12(16(21)25-4)13(18)17(22)26-5/h7-8H,6H2,1-5H3. The highest BCUT2D eigenvalue weighted by Gasteiger charge is 2.37. The lowest BCUT2D eigenvalue weighted by Gasteiger charge is -2.18. The monoisotopic (exact) mass is 365 g/mol. The van der Waals surface area contributed by atoms with Crippen LogP contribution in [0.4, 0.5) is 0 Å². The molecule has 0 aliphatic heterocycles. The average Bonchev–Trinajstić information content (AvgIpc) is 2.97. The highest BCUT2D eigenvalue weighted by molar-refractivity contribution is 6.17. The molecule has 0 bridgehead atoms. The molecule has 0 aromatic carbocycles. The van der Waals surface area contributed by atoms with Crippen LogP contribution in [-0.4, -0.2) is 56.9 Å². The number of carbonyl (C=O) groups excluding carboxylic acids is 4. The van der Waals surface area contributed by atoms with E-state index in [0.29, 0.717) is 5.35 Å². The minimum atomic E-state index is -0.976. The molecule has 2 rings (SSSR count). The fraction of sp³-hybridized carbons (Fsp3) is 0.412. The zero-order chi connectivity index (χ0) is 19.6. The van der Waals surface area contributed by atoms with Crippen LogP contribution in [0.15, 0.2) is 0 Å². The lowest BCUT2D eigenvalue weighted by atomic mass is 9.89. The van der Waals surface area contributed by atoms with Crippen LogP contribution in [0.25, 0.3) is 11.6 Å². The highest BCUT2D eigenvalue weighted by Crippen LogP contribution is 2.23. The first-order chi connectivity index (χ1) is 12.3. The normalized spacial score (nSPS) is 15.4. The zero-order valence-corrected chi connectivity index (χ0v) is 15.1. The molecule has 140 valence electrons. The smallest absolute Gasteiger partial charge is 0.355 e. The number of rotatable bonds is 4. The van der Waals surface area contributed by atoms with Crippen molar-refractivity contribution in [1.29, 1.82) is 0 Å². The van der Waals surface area contributed by atoms with Crippen molar-refractivity contribution in [2.45, 2.75) is 6.42 Å². The SMILES string of the molecule is COC(=O)C1=c2c(C(=O)OC)c(C(=O)OC)n(C)c2=CCC1C(=O)OC. The van der Waals surface area contributed by atoms with Gasteiger partial charge in [0.15, 0.2) is 0 Å². The second-order valence-electron chi connectivity index (χ2n) is 5.45. The van der Waals surface area contributed by atoms with Gasteiger partial charge < -0.3 is 23.5 Å². The number of fused-ring (bicyclic) bond motifs is 1. The predicted octanol–water partition coefficient (Wildman–Crippen LogP) is -1.10. The van der Waals surface area contributed by atoms with E-state index in [9.17, 15) is 19.2 Å². The van der Waals surface area contributed by atoms with Gasteiger partial charge in [0.2, 0.25) is 0 Å². The molecule has 0 N–H and O–H groups in total. The summed E-state index contributed by atoms with van der Waals surface area (Å²) in [5.74, 6) is -4.07. The Bertz CT molecular complexity index is 908. The third kappa shape index (κ3) is 2.85. The number of methoxy groups -OCH3 is 4. The van der Waals surface area contributed by atoms with E-state index < -0.39 is 29.8 Å². The van der Waals surface area contributed by atoms with Gasteiger partial charge in [-0.2, -0.15) is 0 Å². The molecule has 1 aliphatic rings. The van der Waals surface area contributed by atoms with Gasteiger partial charge in [0.25, 0.3) is 0 Å². The van der Waals surface area contributed by atoms with E-state index in [0.717, 1.165) is 14.2 Å². The molecular formula is C17H19NO8. The summed E-state index contributed by atoms with van der Waals surface area (Å²) in [6.07, 6.45) is 1.78. The van der Waals surface area contributed by atoms with E-state index in [1.54, 1.807) is 13.1 Å². The molecule has 0 saturated carbocycles. The minimum absolute atomic E-state index is 0.0667. The molecule has 0 fully saturated rings. The number of ether oxygens (including phenoxy) is 4. The van der Waals surface area contributed by atoms with E-state index in [2.05, 4.69) is 0 Å². The van der Waals surface area contributed by atoms with Crippen LogP contribution in [0.1, 0.15) is 27.3 Å². The maximum atomic E-state index is 12.4. The van der Waals surface area contributed by atoms with Gasteiger partial charge in [0, 0.05) is 17.6 Å². The van der Waals surface area contributed by atoms with Gasteiger partial charge in [-0.25, -0.2) is 14.4 Å². The second-order valence-corrected chi connectivity index (χ2v) is 5.45. The Labute approximate surface area is 148 Å². The topological polar surface area (TPSA) is 110 Å². The lowest BCUT2D eigenvalue weighted by Crippen LogP contribution is -2.41. The molecule has 0 spiro atoms. The van der Waals surface area contributed by atoms with Gasteiger partial charge in [-0.3, -0.25) is 4.79 Å². The van der Waals surface area contributed by atoms with Gasteiger partial charge in [0.05, 0.1) is 39.9 Å². The number of aromatic nitrogens is 1. The molecule has 0 saturated heterocycles. The molecular weight excluding hydrogens is 346 g/mol. The van der Waals surface area contributed by atoms with Crippen molar-refractivity contribution in [1.82, 2.24) is 4.57 Å². The quantitative estimate of drug-likeness (QED) is 0.488. The summed E-state index contributed by atoms with van der Waals surface area (Å²) >= 11 is 0. The molecule has 1 atom stereocenters. The van der Waals surface area contributed by atoms with Crippen molar-refractivity contribution < 1.29 is 38.1 Å². The molecule has 9 heteroatoms. The van der Waals surface area contributed by atoms with Crippen molar-refractivity contribution >= 4 is 35.5 Å². The molecule has 1 aliphatic carbocycles. The molecule has 0 radical (unpaired) electrons. The largest absolute Gasteiger partial charge is 0.469 e. The maximum absolute atomic E-state index is 12.4. The van der Waals surface area contributed by atoms with Gasteiger partial charge in [0.1, 0.15) is 11.3 Å². The maximum Gasteiger partial charge on any atom is 0.355 e. The van der Waals surface area contributed by atoms with Crippen molar-refractivity contribution in [2.75, 3.05) is 28.4 Å². The molecule has 1 heterocycles. The van der Waals surface area contributed by atoms with E-state index in [-0.39, 0.29) is 28.5 Å². The molecule has 1 aromatic rings. The third-order valence-corrected chi connectivity index (χ3v) is 4.26. The molecule has 9 nitrogen and oxygen atoms in total. The Balaban J connectivity index is 3.07. The van der Waals surface area contributed by atoms with Crippen molar-refractivity contribution in [2.24, 2.45) is 13.0 Å². The van der Waals surface area contributed by atoms with Crippen LogP contribution in [0.2, 0.25) is 0 Å². The number of esters is 4. The summed E-state index contributed by atoms with van der Waals surface area (Å²) in [5.41, 5.74) is -0.322. The summed E-state index contributed by atoms with van der Waals surface area (Å²) in [6.45, 7) is 0. The van der Waals surface area contributed by atoms with Gasteiger partial charge in [-0.15, -0.1) is 0 Å². The van der Waals surface area contributed by atoms with Crippen LogP contribution in [0, 0.1) is 5.92 Å². The fourth-order valence-electron chi connectivity index (χ4n) is 3.08. The summed E-state index contributed by atoms with van der Waals surface area (Å²) in [4.78, 5) is 49.2. The van der Waals surface area contributed by atoms with Crippen molar-refractivity contribution in [3.05, 3.63) is 21.8 Å². The first-order valence-corrected chi connectivity index (χ1v) is 7.59. The number of nitrogens with zero attached hydrogens (tertiary/aromatic N) is 1. The van der Waals surface area contributed by atoms with E-state index in [4.69, 9.17) is 18.9 Å². The first-order valence-electron chi connectivity index (χ1n) is 7.59. The lowest BCUT2D eigenvalue weighted by molar-refractivity contribution is -0.145. The molecule has 0 amide bonds. The highest BCUT2D eigenvalue weighted by atomic mass is 16.5. The number of hydrogen-bond acceptors (Lipinski definition) is 8. The Kier molecular flexibility index (Phi) is 5.49.